The van der Waals surface area contributed by atoms with Crippen LogP contribution in [0, 0.1) is 0 Å². The highest BCUT2D eigenvalue weighted by molar-refractivity contribution is 6.67. The van der Waals surface area contributed by atoms with Crippen molar-refractivity contribution >= 4 is 8.80 Å². The Kier molecular flexibility index (Phi) is 5.67. The average Bonchev–Trinajstić information content (AvgIpc) is 2.68. The van der Waals surface area contributed by atoms with Crippen molar-refractivity contribution in [3.63, 3.8) is 0 Å². The van der Waals surface area contributed by atoms with Crippen LogP contribution in [0.15, 0.2) is 103 Å². The molecule has 0 bridgehead atoms. The van der Waals surface area contributed by atoms with Gasteiger partial charge in [0.25, 0.3) is 0 Å². The van der Waals surface area contributed by atoms with Gasteiger partial charge in [-0.25, -0.2) is 0 Å². The van der Waals surface area contributed by atoms with Gasteiger partial charge in [0.1, 0.15) is 11.5 Å². The molecule has 0 N–H and O–H groups in total. The van der Waals surface area contributed by atoms with Crippen molar-refractivity contribution in [2.24, 2.45) is 0 Å². The molecule has 0 aromatic heterocycles. The molecule has 0 atom stereocenters. The average molecular weight is 348 g/mol. The third-order valence-corrected chi connectivity index (χ3v) is 5.63. The zero-order valence-electron chi connectivity index (χ0n) is 13.9. The molecule has 4 heteroatoms. The summed E-state index contributed by atoms with van der Waals surface area (Å²) in [5.74, 6) is 1.39. The second-order valence-corrected chi connectivity index (χ2v) is 7.72. The van der Waals surface area contributed by atoms with E-state index in [0.29, 0.717) is 18.1 Å². The van der Waals surface area contributed by atoms with Gasteiger partial charge in [-0.3, -0.25) is 0 Å². The largest absolute Gasteiger partial charge is 0.661 e. The Morgan fingerprint density at radius 2 is 1.12 bits per heavy atom. The number of hydrogen-bond donors (Lipinski definition) is 0. The molecule has 3 aromatic carbocycles. The summed E-state index contributed by atoms with van der Waals surface area (Å²) < 4.78 is 18.5. The van der Waals surface area contributed by atoms with E-state index < -0.39 is 8.80 Å². The van der Waals surface area contributed by atoms with Crippen molar-refractivity contribution in [2.75, 3.05) is 0 Å². The van der Waals surface area contributed by atoms with Gasteiger partial charge in [0, 0.05) is 5.70 Å². The van der Waals surface area contributed by atoms with Crippen LogP contribution in [0.4, 0.5) is 0 Å². The van der Waals surface area contributed by atoms with Crippen LogP contribution < -0.4 is 8.85 Å². The van der Waals surface area contributed by atoms with Crippen LogP contribution in [0.3, 0.4) is 0 Å². The number of hydrogen-bond acceptors (Lipinski definition) is 3. The van der Waals surface area contributed by atoms with E-state index in [4.69, 9.17) is 13.3 Å². The highest BCUT2D eigenvalue weighted by Crippen LogP contribution is 2.23. The van der Waals surface area contributed by atoms with E-state index in [2.05, 4.69) is 6.58 Å². The first-order valence-electron chi connectivity index (χ1n) is 8.09. The molecule has 3 rings (SSSR count). The van der Waals surface area contributed by atoms with E-state index in [1.807, 2.05) is 91.0 Å². The number of rotatable bonds is 8. The van der Waals surface area contributed by atoms with Crippen LogP contribution in [0.25, 0.3) is 0 Å². The molecule has 0 aliphatic rings. The molecule has 0 aliphatic carbocycles. The van der Waals surface area contributed by atoms with E-state index >= 15 is 0 Å². The lowest BCUT2D eigenvalue weighted by molar-refractivity contribution is 0.169. The number of para-hydroxylation sites is 2. The maximum absolute atomic E-state index is 6.15. The van der Waals surface area contributed by atoms with Crippen molar-refractivity contribution in [1.82, 2.24) is 0 Å². The molecule has 25 heavy (non-hydrogen) atoms. The molecular weight excluding hydrogens is 328 g/mol. The zero-order chi connectivity index (χ0) is 17.4. The molecule has 3 nitrogen and oxygen atoms in total. The first kappa shape index (κ1) is 17.0. The molecular formula is C21H20O3Si. The van der Waals surface area contributed by atoms with Crippen LogP contribution in [-0.4, -0.2) is 8.80 Å². The SMILES string of the molecule is C=C[Si](OCc1ccccc1)(Oc1ccccc1)Oc1ccccc1. The van der Waals surface area contributed by atoms with Crippen molar-refractivity contribution in [1.29, 1.82) is 0 Å². The fraction of sp³-hybridized carbons (Fsp3) is 0.0476. The summed E-state index contributed by atoms with van der Waals surface area (Å²) in [5, 5.41) is 0. The standard InChI is InChI=1S/C21H20O3Si/c1-2-25(23-20-14-8-4-9-15-20,24-21-16-10-5-11-17-21)22-18-19-12-6-3-7-13-19/h2-17H,1,18H2. The van der Waals surface area contributed by atoms with Crippen LogP contribution >= 0.6 is 0 Å². The minimum atomic E-state index is -3.17. The predicted octanol–water partition coefficient (Wildman–Crippen LogP) is 5.03. The van der Waals surface area contributed by atoms with Crippen molar-refractivity contribution in [3.8, 4) is 11.5 Å². The van der Waals surface area contributed by atoms with E-state index in [9.17, 15) is 0 Å². The van der Waals surface area contributed by atoms with E-state index in [-0.39, 0.29) is 0 Å². The van der Waals surface area contributed by atoms with Gasteiger partial charge in [-0.2, -0.15) is 0 Å². The minimum Gasteiger partial charge on any atom is -0.489 e. The number of benzene rings is 3. The molecule has 0 spiro atoms. The monoisotopic (exact) mass is 348 g/mol. The van der Waals surface area contributed by atoms with E-state index in [0.717, 1.165) is 5.56 Å². The van der Waals surface area contributed by atoms with Gasteiger partial charge in [0.15, 0.2) is 0 Å². The lowest BCUT2D eigenvalue weighted by Crippen LogP contribution is -2.50. The summed E-state index contributed by atoms with van der Waals surface area (Å²) in [7, 11) is -3.17. The van der Waals surface area contributed by atoms with Gasteiger partial charge in [-0.1, -0.05) is 73.3 Å². The van der Waals surface area contributed by atoms with Gasteiger partial charge in [0.05, 0.1) is 6.61 Å². The Morgan fingerprint density at radius 3 is 1.56 bits per heavy atom. The van der Waals surface area contributed by atoms with Crippen LogP contribution in [0.1, 0.15) is 5.56 Å². The molecule has 0 fully saturated rings. The maximum atomic E-state index is 6.15. The Labute approximate surface area is 149 Å². The molecule has 0 saturated carbocycles. The lowest BCUT2D eigenvalue weighted by atomic mass is 10.2. The van der Waals surface area contributed by atoms with Crippen LogP contribution in [0.2, 0.25) is 0 Å². The molecule has 0 aliphatic heterocycles. The Hall–Kier alpha value is -2.82. The van der Waals surface area contributed by atoms with E-state index in [1.165, 1.54) is 0 Å². The van der Waals surface area contributed by atoms with Gasteiger partial charge in [0.2, 0.25) is 0 Å². The van der Waals surface area contributed by atoms with Gasteiger partial charge < -0.3 is 13.3 Å². The smallest absolute Gasteiger partial charge is 0.489 e. The third-order valence-electron chi connectivity index (χ3n) is 3.54. The second-order valence-electron chi connectivity index (χ2n) is 5.41. The first-order chi connectivity index (χ1) is 12.3. The van der Waals surface area contributed by atoms with Crippen molar-refractivity contribution in [3.05, 3.63) is 109 Å². The summed E-state index contributed by atoms with van der Waals surface area (Å²) in [6, 6.07) is 29.0. The van der Waals surface area contributed by atoms with Crippen LogP contribution in [0.5, 0.6) is 11.5 Å². The summed E-state index contributed by atoms with van der Waals surface area (Å²) >= 11 is 0. The van der Waals surface area contributed by atoms with Gasteiger partial charge in [-0.05, 0) is 29.8 Å². The summed E-state index contributed by atoms with van der Waals surface area (Å²) in [6.07, 6.45) is 0. The minimum absolute atomic E-state index is 0.388. The lowest BCUT2D eigenvalue weighted by Gasteiger charge is -2.27. The fourth-order valence-electron chi connectivity index (χ4n) is 2.29. The van der Waals surface area contributed by atoms with Gasteiger partial charge >= 0.3 is 8.80 Å². The molecule has 0 unspecified atom stereocenters. The van der Waals surface area contributed by atoms with Crippen LogP contribution in [-0.2, 0) is 11.0 Å². The highest BCUT2D eigenvalue weighted by atomic mass is 28.4. The van der Waals surface area contributed by atoms with Crippen molar-refractivity contribution in [2.45, 2.75) is 6.61 Å². The predicted molar refractivity (Wildman–Crippen MR) is 101 cm³/mol. The highest BCUT2D eigenvalue weighted by Gasteiger charge is 2.43. The Morgan fingerprint density at radius 1 is 0.680 bits per heavy atom. The Bertz CT molecular complexity index is 735. The molecule has 0 heterocycles. The molecule has 0 amide bonds. The summed E-state index contributed by atoms with van der Waals surface area (Å²) in [6.45, 7) is 4.31. The Balaban J connectivity index is 1.84. The second kappa shape index (κ2) is 8.33. The molecule has 0 radical (unpaired) electrons. The molecule has 126 valence electrons. The summed E-state index contributed by atoms with van der Waals surface area (Å²) in [5.41, 5.74) is 2.71. The quantitative estimate of drug-likeness (QED) is 0.535. The fourth-order valence-corrected chi connectivity index (χ4v) is 4.03. The van der Waals surface area contributed by atoms with Gasteiger partial charge in [-0.15, -0.1) is 0 Å². The zero-order valence-corrected chi connectivity index (χ0v) is 14.9. The normalized spacial score (nSPS) is 10.9. The third kappa shape index (κ3) is 4.82. The summed E-state index contributed by atoms with van der Waals surface area (Å²) in [4.78, 5) is 0. The van der Waals surface area contributed by atoms with E-state index in [1.54, 1.807) is 5.70 Å². The van der Waals surface area contributed by atoms with Crippen molar-refractivity contribution < 1.29 is 13.3 Å². The first-order valence-corrected chi connectivity index (χ1v) is 9.89. The maximum Gasteiger partial charge on any atom is 0.661 e. The topological polar surface area (TPSA) is 27.7 Å². The molecule has 0 saturated heterocycles. The molecule has 3 aromatic rings.